The number of benzene rings is 1. The van der Waals surface area contributed by atoms with Crippen molar-refractivity contribution in [2.45, 2.75) is 12.7 Å². The molecule has 0 saturated heterocycles. The molecule has 0 unspecified atom stereocenters. The van der Waals surface area contributed by atoms with Crippen molar-refractivity contribution in [3.05, 3.63) is 39.9 Å². The molecule has 5 heteroatoms. The van der Waals surface area contributed by atoms with Gasteiger partial charge in [0.25, 0.3) is 5.69 Å². The van der Waals surface area contributed by atoms with E-state index in [0.717, 1.165) is 5.56 Å². The molecule has 15 heavy (non-hydrogen) atoms. The first-order valence-corrected chi connectivity index (χ1v) is 4.46. The van der Waals surface area contributed by atoms with E-state index in [4.69, 9.17) is 9.47 Å². The Bertz CT molecular complexity index is 319. The van der Waals surface area contributed by atoms with E-state index in [0.29, 0.717) is 6.42 Å². The van der Waals surface area contributed by atoms with Crippen molar-refractivity contribution in [2.75, 3.05) is 14.2 Å². The highest BCUT2D eigenvalue weighted by molar-refractivity contribution is 5.32. The van der Waals surface area contributed by atoms with E-state index in [9.17, 15) is 10.1 Å². The van der Waals surface area contributed by atoms with Gasteiger partial charge in [0.2, 0.25) is 0 Å². The number of methoxy groups -OCH3 is 2. The summed E-state index contributed by atoms with van der Waals surface area (Å²) in [6.07, 6.45) is 0.261. The zero-order valence-electron chi connectivity index (χ0n) is 8.67. The quantitative estimate of drug-likeness (QED) is 0.423. The van der Waals surface area contributed by atoms with Crippen molar-refractivity contribution in [1.29, 1.82) is 0 Å². The highest BCUT2D eigenvalue weighted by Gasteiger charge is 2.08. The summed E-state index contributed by atoms with van der Waals surface area (Å²) in [5, 5.41) is 10.4. The van der Waals surface area contributed by atoms with E-state index in [2.05, 4.69) is 0 Å². The molecule has 1 aromatic rings. The first-order valence-electron chi connectivity index (χ1n) is 4.46. The number of nitro benzene ring substituents is 1. The summed E-state index contributed by atoms with van der Waals surface area (Å²) in [5.74, 6) is 0. The number of nitrogens with zero attached hydrogens (tertiary/aromatic N) is 1. The first kappa shape index (κ1) is 11.6. The Morgan fingerprint density at radius 2 is 1.80 bits per heavy atom. The molecule has 0 fully saturated rings. The van der Waals surface area contributed by atoms with Gasteiger partial charge in [-0.15, -0.1) is 0 Å². The number of rotatable bonds is 5. The molecule has 0 aromatic heterocycles. The Labute approximate surface area is 87.8 Å². The lowest BCUT2D eigenvalue weighted by molar-refractivity contribution is -0.384. The average Bonchev–Trinajstić information content (AvgIpc) is 2.26. The second kappa shape index (κ2) is 5.43. The van der Waals surface area contributed by atoms with E-state index in [1.807, 2.05) is 0 Å². The van der Waals surface area contributed by atoms with E-state index in [1.165, 1.54) is 12.1 Å². The molecule has 0 aliphatic heterocycles. The van der Waals surface area contributed by atoms with Crippen molar-refractivity contribution in [2.24, 2.45) is 0 Å². The molecule has 1 rings (SSSR count). The molecule has 0 aliphatic carbocycles. The van der Waals surface area contributed by atoms with Crippen molar-refractivity contribution in [1.82, 2.24) is 0 Å². The van der Waals surface area contributed by atoms with Gasteiger partial charge in [-0.2, -0.15) is 0 Å². The standard InChI is InChI=1S/C10H13NO4/c1-14-10(15-2)7-8-3-5-9(6-4-8)11(12)13/h3-6,10H,7H2,1-2H3. The summed E-state index contributed by atoms with van der Waals surface area (Å²) in [6, 6.07) is 6.34. The van der Waals surface area contributed by atoms with Crippen LogP contribution in [0, 0.1) is 10.1 Å². The lowest BCUT2D eigenvalue weighted by atomic mass is 10.1. The maximum absolute atomic E-state index is 10.4. The van der Waals surface area contributed by atoms with Gasteiger partial charge < -0.3 is 9.47 Å². The van der Waals surface area contributed by atoms with Gasteiger partial charge in [0.05, 0.1) is 4.92 Å². The molecule has 1 aromatic carbocycles. The third kappa shape index (κ3) is 3.30. The van der Waals surface area contributed by atoms with Crippen LogP contribution in [0.5, 0.6) is 0 Å². The number of hydrogen-bond donors (Lipinski definition) is 0. The molecule has 0 amide bonds. The number of non-ortho nitro benzene ring substituents is 1. The Kier molecular flexibility index (Phi) is 4.20. The molecule has 5 nitrogen and oxygen atoms in total. The molecule has 0 atom stereocenters. The fourth-order valence-corrected chi connectivity index (χ4v) is 1.21. The zero-order valence-corrected chi connectivity index (χ0v) is 8.67. The molecule has 0 bridgehead atoms. The minimum absolute atomic E-state index is 0.0881. The average molecular weight is 211 g/mol. The van der Waals surface area contributed by atoms with Crippen LogP contribution in [-0.4, -0.2) is 25.4 Å². The first-order chi connectivity index (χ1) is 7.17. The highest BCUT2D eigenvalue weighted by atomic mass is 16.7. The maximum atomic E-state index is 10.4. The van der Waals surface area contributed by atoms with Crippen LogP contribution >= 0.6 is 0 Å². The van der Waals surface area contributed by atoms with E-state index in [1.54, 1.807) is 26.4 Å². The minimum atomic E-state index is -0.423. The summed E-state index contributed by atoms with van der Waals surface area (Å²) in [6.45, 7) is 0. The largest absolute Gasteiger partial charge is 0.356 e. The Morgan fingerprint density at radius 1 is 1.27 bits per heavy atom. The molecule has 0 aliphatic rings. The van der Waals surface area contributed by atoms with Crippen LogP contribution in [0.4, 0.5) is 5.69 Å². The Hall–Kier alpha value is -1.46. The molecule has 0 radical (unpaired) electrons. The van der Waals surface area contributed by atoms with E-state index < -0.39 is 4.92 Å². The Balaban J connectivity index is 2.67. The second-order valence-electron chi connectivity index (χ2n) is 3.03. The lowest BCUT2D eigenvalue weighted by Gasteiger charge is -2.12. The van der Waals surface area contributed by atoms with Crippen molar-refractivity contribution in [3.8, 4) is 0 Å². The predicted octanol–water partition coefficient (Wildman–Crippen LogP) is 1.76. The van der Waals surface area contributed by atoms with E-state index in [-0.39, 0.29) is 12.0 Å². The molecular formula is C10H13NO4. The summed E-state index contributed by atoms with van der Waals surface area (Å²) < 4.78 is 10.0. The highest BCUT2D eigenvalue weighted by Crippen LogP contribution is 2.13. The van der Waals surface area contributed by atoms with Crippen LogP contribution in [0.2, 0.25) is 0 Å². The Morgan fingerprint density at radius 3 is 2.20 bits per heavy atom. The van der Waals surface area contributed by atoms with Gasteiger partial charge in [-0.25, -0.2) is 0 Å². The normalized spacial score (nSPS) is 10.6. The van der Waals surface area contributed by atoms with Crippen molar-refractivity contribution >= 4 is 5.69 Å². The summed E-state index contributed by atoms with van der Waals surface area (Å²) in [4.78, 5) is 9.98. The molecular weight excluding hydrogens is 198 g/mol. The molecule has 0 N–H and O–H groups in total. The topological polar surface area (TPSA) is 61.6 Å². The van der Waals surface area contributed by atoms with Crippen LogP contribution in [0.15, 0.2) is 24.3 Å². The second-order valence-corrected chi connectivity index (χ2v) is 3.03. The van der Waals surface area contributed by atoms with Crippen LogP contribution in [0.3, 0.4) is 0 Å². The van der Waals surface area contributed by atoms with Gasteiger partial charge in [0.15, 0.2) is 6.29 Å². The van der Waals surface area contributed by atoms with Gasteiger partial charge in [-0.3, -0.25) is 10.1 Å². The molecule has 0 saturated carbocycles. The monoisotopic (exact) mass is 211 g/mol. The SMILES string of the molecule is COC(Cc1ccc([N+](=O)[O-])cc1)OC. The van der Waals surface area contributed by atoms with Crippen LogP contribution < -0.4 is 0 Å². The minimum Gasteiger partial charge on any atom is -0.356 e. The van der Waals surface area contributed by atoms with Crippen molar-refractivity contribution < 1.29 is 14.4 Å². The van der Waals surface area contributed by atoms with Gasteiger partial charge in [0.1, 0.15) is 0 Å². The van der Waals surface area contributed by atoms with Crippen LogP contribution in [-0.2, 0) is 15.9 Å². The lowest BCUT2D eigenvalue weighted by Crippen LogP contribution is -2.15. The van der Waals surface area contributed by atoms with Gasteiger partial charge >= 0.3 is 0 Å². The number of hydrogen-bond acceptors (Lipinski definition) is 4. The van der Waals surface area contributed by atoms with Crippen LogP contribution in [0.25, 0.3) is 0 Å². The molecule has 82 valence electrons. The fraction of sp³-hybridized carbons (Fsp3) is 0.400. The van der Waals surface area contributed by atoms with E-state index >= 15 is 0 Å². The summed E-state index contributed by atoms with van der Waals surface area (Å²) >= 11 is 0. The van der Waals surface area contributed by atoms with Crippen molar-refractivity contribution in [3.63, 3.8) is 0 Å². The maximum Gasteiger partial charge on any atom is 0.269 e. The van der Waals surface area contributed by atoms with Crippen LogP contribution in [0.1, 0.15) is 5.56 Å². The zero-order chi connectivity index (χ0) is 11.3. The number of ether oxygens (including phenoxy) is 2. The summed E-state index contributed by atoms with van der Waals surface area (Å²) in [7, 11) is 3.11. The van der Waals surface area contributed by atoms with Gasteiger partial charge in [-0.1, -0.05) is 12.1 Å². The van der Waals surface area contributed by atoms with Gasteiger partial charge in [0, 0.05) is 32.8 Å². The molecule has 0 spiro atoms. The fourth-order valence-electron chi connectivity index (χ4n) is 1.21. The molecule has 0 heterocycles. The third-order valence-corrected chi connectivity index (χ3v) is 2.08. The predicted molar refractivity (Wildman–Crippen MR) is 54.6 cm³/mol. The number of nitro groups is 1. The summed E-state index contributed by atoms with van der Waals surface area (Å²) in [5.41, 5.74) is 1.03. The third-order valence-electron chi connectivity index (χ3n) is 2.08. The van der Waals surface area contributed by atoms with Gasteiger partial charge in [-0.05, 0) is 5.56 Å². The smallest absolute Gasteiger partial charge is 0.269 e.